The van der Waals surface area contributed by atoms with Crippen LogP contribution in [0.3, 0.4) is 0 Å². The molecule has 0 unspecified atom stereocenters. The van der Waals surface area contributed by atoms with Crippen molar-refractivity contribution in [2.45, 2.75) is 57.9 Å². The fourth-order valence-electron chi connectivity index (χ4n) is 2.13. The van der Waals surface area contributed by atoms with Crippen molar-refractivity contribution in [3.8, 4) is 0 Å². The monoisotopic (exact) mass is 181 g/mol. The van der Waals surface area contributed by atoms with Crippen LogP contribution >= 0.6 is 0 Å². The van der Waals surface area contributed by atoms with E-state index in [0.29, 0.717) is 0 Å². The SMILES string of the molecule is CCCCC1CCC(N=C=O)CC1. The molecule has 1 aliphatic rings. The molecule has 1 aliphatic carbocycles. The summed E-state index contributed by atoms with van der Waals surface area (Å²) in [5, 5.41) is 0. The van der Waals surface area contributed by atoms with Crippen LogP contribution in [0.2, 0.25) is 0 Å². The normalized spacial score (nSPS) is 28.1. The van der Waals surface area contributed by atoms with Crippen LogP contribution in [0.5, 0.6) is 0 Å². The predicted octanol–water partition coefficient (Wildman–Crippen LogP) is 3.07. The van der Waals surface area contributed by atoms with E-state index in [1.165, 1.54) is 32.1 Å². The third kappa shape index (κ3) is 3.73. The molecule has 1 rings (SSSR count). The first kappa shape index (κ1) is 10.5. The highest BCUT2D eigenvalue weighted by molar-refractivity contribution is 5.33. The standard InChI is InChI=1S/C11H19NO/c1-2-3-4-10-5-7-11(8-6-10)12-9-13/h10-11H,2-8H2,1H3. The third-order valence-electron chi connectivity index (χ3n) is 3.02. The van der Waals surface area contributed by atoms with E-state index in [0.717, 1.165) is 18.8 Å². The van der Waals surface area contributed by atoms with Gasteiger partial charge in [-0.05, 0) is 31.6 Å². The van der Waals surface area contributed by atoms with E-state index in [2.05, 4.69) is 11.9 Å². The second-order valence-electron chi connectivity index (χ2n) is 4.04. The van der Waals surface area contributed by atoms with Crippen molar-refractivity contribution in [1.82, 2.24) is 0 Å². The highest BCUT2D eigenvalue weighted by Gasteiger charge is 2.19. The molecule has 0 spiro atoms. The van der Waals surface area contributed by atoms with Crippen LogP contribution in [0.15, 0.2) is 4.99 Å². The Balaban J connectivity index is 2.18. The molecule has 0 bridgehead atoms. The van der Waals surface area contributed by atoms with E-state index in [-0.39, 0.29) is 6.04 Å². The summed E-state index contributed by atoms with van der Waals surface area (Å²) in [5.74, 6) is 0.901. The molecule has 1 fully saturated rings. The van der Waals surface area contributed by atoms with Crippen LogP contribution in [0.4, 0.5) is 0 Å². The maximum absolute atomic E-state index is 10.0. The van der Waals surface area contributed by atoms with Gasteiger partial charge in [-0.2, -0.15) is 0 Å². The van der Waals surface area contributed by atoms with Gasteiger partial charge >= 0.3 is 0 Å². The maximum atomic E-state index is 10.0. The Bertz CT molecular complexity index is 177. The van der Waals surface area contributed by atoms with Crippen LogP contribution < -0.4 is 0 Å². The minimum Gasteiger partial charge on any atom is -0.211 e. The molecule has 0 aromatic rings. The Morgan fingerprint density at radius 1 is 1.31 bits per heavy atom. The number of isocyanates is 1. The molecule has 2 nitrogen and oxygen atoms in total. The first-order valence-corrected chi connectivity index (χ1v) is 5.43. The zero-order valence-corrected chi connectivity index (χ0v) is 8.46. The predicted molar refractivity (Wildman–Crippen MR) is 53.4 cm³/mol. The summed E-state index contributed by atoms with van der Waals surface area (Å²) in [6, 6.07) is 0.287. The van der Waals surface area contributed by atoms with Gasteiger partial charge in [0.25, 0.3) is 0 Å². The van der Waals surface area contributed by atoms with Crippen molar-refractivity contribution in [2.75, 3.05) is 0 Å². The van der Waals surface area contributed by atoms with Gasteiger partial charge in [0.1, 0.15) is 0 Å². The van der Waals surface area contributed by atoms with Crippen LogP contribution in [0.25, 0.3) is 0 Å². The lowest BCUT2D eigenvalue weighted by Crippen LogP contribution is -2.16. The Hall–Kier alpha value is -0.620. The molecule has 0 radical (unpaired) electrons. The summed E-state index contributed by atoms with van der Waals surface area (Å²) in [6.07, 6.45) is 10.4. The first-order valence-electron chi connectivity index (χ1n) is 5.43. The molecule has 0 aliphatic heterocycles. The van der Waals surface area contributed by atoms with Gasteiger partial charge in [-0.15, -0.1) is 0 Å². The number of carbonyl (C=O) groups excluding carboxylic acids is 1. The van der Waals surface area contributed by atoms with Gasteiger partial charge in [-0.3, -0.25) is 0 Å². The third-order valence-corrected chi connectivity index (χ3v) is 3.02. The summed E-state index contributed by atoms with van der Waals surface area (Å²) in [6.45, 7) is 2.24. The average molecular weight is 181 g/mol. The van der Waals surface area contributed by atoms with Gasteiger partial charge in [0.15, 0.2) is 0 Å². The zero-order valence-electron chi connectivity index (χ0n) is 8.46. The van der Waals surface area contributed by atoms with Crippen LogP contribution in [0.1, 0.15) is 51.9 Å². The largest absolute Gasteiger partial charge is 0.235 e. The summed E-state index contributed by atoms with van der Waals surface area (Å²) < 4.78 is 0. The van der Waals surface area contributed by atoms with E-state index in [1.807, 2.05) is 0 Å². The summed E-state index contributed by atoms with van der Waals surface area (Å²) in [5.41, 5.74) is 0. The molecule has 0 aromatic carbocycles. The number of nitrogens with zero attached hydrogens (tertiary/aromatic N) is 1. The molecule has 0 heterocycles. The van der Waals surface area contributed by atoms with Crippen LogP contribution in [-0.2, 0) is 4.79 Å². The molecule has 0 saturated heterocycles. The smallest absolute Gasteiger partial charge is 0.211 e. The molecule has 0 aromatic heterocycles. The van der Waals surface area contributed by atoms with E-state index >= 15 is 0 Å². The molecular weight excluding hydrogens is 162 g/mol. The number of unbranched alkanes of at least 4 members (excludes halogenated alkanes) is 1. The lowest BCUT2D eigenvalue weighted by atomic mass is 9.83. The second kappa shape index (κ2) is 5.93. The summed E-state index contributed by atoms with van der Waals surface area (Å²) in [7, 11) is 0. The fraction of sp³-hybridized carbons (Fsp3) is 0.909. The van der Waals surface area contributed by atoms with Crippen LogP contribution in [-0.4, -0.2) is 12.1 Å². The Morgan fingerprint density at radius 2 is 2.00 bits per heavy atom. The lowest BCUT2D eigenvalue weighted by Gasteiger charge is -2.25. The van der Waals surface area contributed by atoms with Crippen molar-refractivity contribution >= 4 is 6.08 Å². The van der Waals surface area contributed by atoms with Crippen molar-refractivity contribution in [3.05, 3.63) is 0 Å². The topological polar surface area (TPSA) is 29.4 Å². The second-order valence-corrected chi connectivity index (χ2v) is 4.04. The van der Waals surface area contributed by atoms with Gasteiger partial charge in [0.05, 0.1) is 6.04 Å². The molecule has 1 saturated carbocycles. The average Bonchev–Trinajstić information content (AvgIpc) is 2.17. The van der Waals surface area contributed by atoms with Crippen molar-refractivity contribution in [3.63, 3.8) is 0 Å². The minimum atomic E-state index is 0.287. The van der Waals surface area contributed by atoms with Gasteiger partial charge in [0.2, 0.25) is 6.08 Å². The Labute approximate surface area is 80.4 Å². The van der Waals surface area contributed by atoms with E-state index in [4.69, 9.17) is 0 Å². The number of hydrogen-bond acceptors (Lipinski definition) is 2. The molecular formula is C11H19NO. The van der Waals surface area contributed by atoms with Crippen LogP contribution in [0, 0.1) is 5.92 Å². The lowest BCUT2D eigenvalue weighted by molar-refractivity contribution is 0.305. The van der Waals surface area contributed by atoms with E-state index in [9.17, 15) is 4.79 Å². The maximum Gasteiger partial charge on any atom is 0.235 e. The highest BCUT2D eigenvalue weighted by Crippen LogP contribution is 2.29. The van der Waals surface area contributed by atoms with Gasteiger partial charge in [-0.1, -0.05) is 26.2 Å². The molecule has 0 N–H and O–H groups in total. The van der Waals surface area contributed by atoms with Crippen molar-refractivity contribution in [1.29, 1.82) is 0 Å². The number of aliphatic imine (C=N–C) groups is 1. The number of hydrogen-bond donors (Lipinski definition) is 0. The molecule has 2 heteroatoms. The fourth-order valence-corrected chi connectivity index (χ4v) is 2.13. The van der Waals surface area contributed by atoms with Gasteiger partial charge in [-0.25, -0.2) is 9.79 Å². The molecule has 0 atom stereocenters. The highest BCUT2D eigenvalue weighted by atomic mass is 16.1. The van der Waals surface area contributed by atoms with E-state index < -0.39 is 0 Å². The van der Waals surface area contributed by atoms with Gasteiger partial charge in [0, 0.05) is 0 Å². The Morgan fingerprint density at radius 3 is 2.54 bits per heavy atom. The van der Waals surface area contributed by atoms with Gasteiger partial charge < -0.3 is 0 Å². The zero-order chi connectivity index (χ0) is 9.52. The summed E-state index contributed by atoms with van der Waals surface area (Å²) in [4.78, 5) is 13.8. The quantitative estimate of drug-likeness (QED) is 0.484. The Kier molecular flexibility index (Phi) is 4.77. The first-order chi connectivity index (χ1) is 6.36. The van der Waals surface area contributed by atoms with Crippen molar-refractivity contribution < 1.29 is 4.79 Å². The molecule has 0 amide bonds. The van der Waals surface area contributed by atoms with E-state index in [1.54, 1.807) is 6.08 Å². The summed E-state index contributed by atoms with van der Waals surface area (Å²) >= 11 is 0. The molecule has 13 heavy (non-hydrogen) atoms. The molecule has 74 valence electrons. The van der Waals surface area contributed by atoms with Crippen molar-refractivity contribution in [2.24, 2.45) is 10.9 Å². The minimum absolute atomic E-state index is 0.287. The number of rotatable bonds is 4.